The molecule has 0 spiro atoms. The third kappa shape index (κ3) is 6.06. The minimum absolute atomic E-state index is 0.166. The monoisotopic (exact) mass is 216 g/mol. The van der Waals surface area contributed by atoms with E-state index < -0.39 is 12.0 Å². The van der Waals surface area contributed by atoms with Crippen molar-refractivity contribution in [2.24, 2.45) is 11.7 Å². The van der Waals surface area contributed by atoms with E-state index in [1.54, 1.807) is 6.92 Å². The first kappa shape index (κ1) is 13.9. The molecule has 0 bridgehead atoms. The minimum Gasteiger partial charge on any atom is -0.481 e. The molecule has 15 heavy (non-hydrogen) atoms. The molecule has 0 fully saturated rings. The summed E-state index contributed by atoms with van der Waals surface area (Å²) in [5, 5.41) is 11.3. The third-order valence-electron chi connectivity index (χ3n) is 2.31. The maximum Gasteiger partial charge on any atom is 0.306 e. The Morgan fingerprint density at radius 1 is 1.47 bits per heavy atom. The first-order valence-corrected chi connectivity index (χ1v) is 5.25. The summed E-state index contributed by atoms with van der Waals surface area (Å²) in [4.78, 5) is 21.7. The van der Waals surface area contributed by atoms with E-state index in [-0.39, 0.29) is 11.8 Å². The molecule has 0 saturated carbocycles. The average molecular weight is 216 g/mol. The Labute approximate surface area is 90.0 Å². The van der Waals surface area contributed by atoms with Gasteiger partial charge >= 0.3 is 5.97 Å². The molecular formula is C10H20N2O3. The first-order chi connectivity index (χ1) is 6.99. The lowest BCUT2D eigenvalue weighted by atomic mass is 10.1. The van der Waals surface area contributed by atoms with Gasteiger partial charge in [0.2, 0.25) is 5.91 Å². The van der Waals surface area contributed by atoms with Crippen LogP contribution in [0.1, 0.15) is 33.1 Å². The molecule has 0 aromatic heterocycles. The van der Waals surface area contributed by atoms with Crippen LogP contribution in [0.4, 0.5) is 0 Å². The fraction of sp³-hybridized carbons (Fsp3) is 0.800. The summed E-state index contributed by atoms with van der Waals surface area (Å²) < 4.78 is 0. The lowest BCUT2D eigenvalue weighted by Crippen LogP contribution is -2.40. The normalized spacial score (nSPS) is 14.3. The highest BCUT2D eigenvalue weighted by Crippen LogP contribution is 2.04. The second kappa shape index (κ2) is 7.23. The predicted molar refractivity (Wildman–Crippen MR) is 57.3 cm³/mol. The molecule has 0 rings (SSSR count). The van der Waals surface area contributed by atoms with E-state index in [9.17, 15) is 9.59 Å². The topological polar surface area (TPSA) is 92.4 Å². The lowest BCUT2D eigenvalue weighted by Gasteiger charge is -2.10. The number of hydrogen-bond acceptors (Lipinski definition) is 3. The van der Waals surface area contributed by atoms with E-state index in [2.05, 4.69) is 5.32 Å². The van der Waals surface area contributed by atoms with Gasteiger partial charge < -0.3 is 16.2 Å². The SMILES string of the molecule is CC[C@@H](N)C(=O)NCCCC(C)C(=O)O. The van der Waals surface area contributed by atoms with E-state index in [0.717, 1.165) is 0 Å². The van der Waals surface area contributed by atoms with Crippen molar-refractivity contribution in [2.75, 3.05) is 6.54 Å². The van der Waals surface area contributed by atoms with Gasteiger partial charge in [0.1, 0.15) is 0 Å². The highest BCUT2D eigenvalue weighted by molar-refractivity contribution is 5.81. The van der Waals surface area contributed by atoms with Crippen LogP contribution in [0.3, 0.4) is 0 Å². The smallest absolute Gasteiger partial charge is 0.306 e. The van der Waals surface area contributed by atoms with Crippen molar-refractivity contribution in [3.63, 3.8) is 0 Å². The van der Waals surface area contributed by atoms with Crippen molar-refractivity contribution in [3.8, 4) is 0 Å². The van der Waals surface area contributed by atoms with Gasteiger partial charge in [-0.1, -0.05) is 13.8 Å². The fourth-order valence-corrected chi connectivity index (χ4v) is 1.06. The summed E-state index contributed by atoms with van der Waals surface area (Å²) in [6, 6.07) is -0.457. The number of carbonyl (C=O) groups is 2. The van der Waals surface area contributed by atoms with E-state index >= 15 is 0 Å². The largest absolute Gasteiger partial charge is 0.481 e. The van der Waals surface area contributed by atoms with Gasteiger partial charge in [-0.25, -0.2) is 0 Å². The highest BCUT2D eigenvalue weighted by atomic mass is 16.4. The van der Waals surface area contributed by atoms with Crippen molar-refractivity contribution in [1.29, 1.82) is 0 Å². The molecule has 5 nitrogen and oxygen atoms in total. The summed E-state index contributed by atoms with van der Waals surface area (Å²) in [6.45, 7) is 3.99. The van der Waals surface area contributed by atoms with Gasteiger partial charge in [0.25, 0.3) is 0 Å². The van der Waals surface area contributed by atoms with E-state index in [4.69, 9.17) is 10.8 Å². The quantitative estimate of drug-likeness (QED) is 0.535. The molecule has 88 valence electrons. The Bertz CT molecular complexity index is 219. The Hall–Kier alpha value is -1.10. The zero-order valence-corrected chi connectivity index (χ0v) is 9.32. The Kier molecular flexibility index (Phi) is 6.70. The zero-order valence-electron chi connectivity index (χ0n) is 9.32. The summed E-state index contributed by atoms with van der Waals surface area (Å²) in [7, 11) is 0. The van der Waals surface area contributed by atoms with Gasteiger partial charge in [-0.3, -0.25) is 9.59 Å². The molecule has 0 radical (unpaired) electrons. The van der Waals surface area contributed by atoms with Crippen LogP contribution in [0.25, 0.3) is 0 Å². The molecule has 5 heteroatoms. The molecule has 2 atom stereocenters. The molecular weight excluding hydrogens is 196 g/mol. The number of amides is 1. The van der Waals surface area contributed by atoms with Crippen molar-refractivity contribution >= 4 is 11.9 Å². The Morgan fingerprint density at radius 2 is 2.07 bits per heavy atom. The van der Waals surface area contributed by atoms with Gasteiger partial charge in [-0.15, -0.1) is 0 Å². The molecule has 0 aromatic rings. The summed E-state index contributed by atoms with van der Waals surface area (Å²) >= 11 is 0. The first-order valence-electron chi connectivity index (χ1n) is 5.25. The molecule has 0 heterocycles. The van der Waals surface area contributed by atoms with Gasteiger partial charge in [-0.2, -0.15) is 0 Å². The number of carboxylic acid groups (broad SMARTS) is 1. The zero-order chi connectivity index (χ0) is 11.8. The molecule has 1 unspecified atom stereocenters. The Morgan fingerprint density at radius 3 is 2.53 bits per heavy atom. The van der Waals surface area contributed by atoms with Crippen LogP contribution in [-0.4, -0.2) is 29.6 Å². The number of rotatable bonds is 7. The van der Waals surface area contributed by atoms with Gasteiger partial charge in [0.15, 0.2) is 0 Å². The molecule has 0 saturated heterocycles. The van der Waals surface area contributed by atoms with Crippen LogP contribution < -0.4 is 11.1 Å². The van der Waals surface area contributed by atoms with E-state index in [0.29, 0.717) is 25.8 Å². The van der Waals surface area contributed by atoms with Crippen LogP contribution in [0.15, 0.2) is 0 Å². The summed E-state index contributed by atoms with van der Waals surface area (Å²) in [6.07, 6.45) is 1.84. The average Bonchev–Trinajstić information content (AvgIpc) is 2.22. The van der Waals surface area contributed by atoms with Crippen LogP contribution in [0, 0.1) is 5.92 Å². The number of aliphatic carboxylic acids is 1. The van der Waals surface area contributed by atoms with E-state index in [1.807, 2.05) is 6.92 Å². The van der Waals surface area contributed by atoms with Gasteiger partial charge in [-0.05, 0) is 19.3 Å². The molecule has 0 aliphatic rings. The molecule has 0 aromatic carbocycles. The molecule has 1 amide bonds. The van der Waals surface area contributed by atoms with E-state index in [1.165, 1.54) is 0 Å². The van der Waals surface area contributed by atoms with Crippen molar-refractivity contribution in [3.05, 3.63) is 0 Å². The van der Waals surface area contributed by atoms with Gasteiger partial charge in [0.05, 0.1) is 12.0 Å². The van der Waals surface area contributed by atoms with Crippen LogP contribution in [-0.2, 0) is 9.59 Å². The highest BCUT2D eigenvalue weighted by Gasteiger charge is 2.12. The molecule has 4 N–H and O–H groups in total. The molecule has 0 aliphatic carbocycles. The predicted octanol–water partition coefficient (Wildman–Crippen LogP) is 0.341. The number of carboxylic acids is 1. The number of hydrogen-bond donors (Lipinski definition) is 3. The maximum atomic E-state index is 11.2. The lowest BCUT2D eigenvalue weighted by molar-refractivity contribution is -0.141. The number of nitrogens with one attached hydrogen (secondary N) is 1. The van der Waals surface area contributed by atoms with Crippen molar-refractivity contribution < 1.29 is 14.7 Å². The number of carbonyl (C=O) groups excluding carboxylic acids is 1. The minimum atomic E-state index is -0.799. The maximum absolute atomic E-state index is 11.2. The summed E-state index contributed by atoms with van der Waals surface area (Å²) in [5.74, 6) is -1.33. The standard InChI is InChI=1S/C10H20N2O3/c1-3-8(11)9(13)12-6-4-5-7(2)10(14)15/h7-8H,3-6,11H2,1-2H3,(H,12,13)(H,14,15)/t7?,8-/m1/s1. The van der Waals surface area contributed by atoms with Crippen molar-refractivity contribution in [1.82, 2.24) is 5.32 Å². The van der Waals surface area contributed by atoms with Crippen LogP contribution in [0.2, 0.25) is 0 Å². The second-order valence-electron chi connectivity index (χ2n) is 3.69. The van der Waals surface area contributed by atoms with Crippen LogP contribution >= 0.6 is 0 Å². The van der Waals surface area contributed by atoms with Crippen LogP contribution in [0.5, 0.6) is 0 Å². The fourth-order valence-electron chi connectivity index (χ4n) is 1.06. The van der Waals surface area contributed by atoms with Crippen molar-refractivity contribution in [2.45, 2.75) is 39.2 Å². The Balaban J connectivity index is 3.54. The third-order valence-corrected chi connectivity index (χ3v) is 2.31. The molecule has 0 aliphatic heterocycles. The van der Waals surface area contributed by atoms with Gasteiger partial charge in [0, 0.05) is 6.54 Å². The summed E-state index contributed by atoms with van der Waals surface area (Å²) in [5.41, 5.74) is 5.50. The number of nitrogens with two attached hydrogens (primary N) is 1. The second-order valence-corrected chi connectivity index (χ2v) is 3.69.